The largest absolute Gasteiger partial charge is 0.387 e. The first kappa shape index (κ1) is 11.8. The summed E-state index contributed by atoms with van der Waals surface area (Å²) in [6, 6.07) is 8.15. The molecule has 2 heterocycles. The van der Waals surface area contributed by atoms with Crippen LogP contribution < -0.4 is 0 Å². The molecule has 2 N–H and O–H groups in total. The summed E-state index contributed by atoms with van der Waals surface area (Å²) in [6.07, 6.45) is 5.42. The number of β-amino-alcohol motifs (C(OH)–C–C–N with tert-alkyl or cyclic N) is 1. The first-order valence-corrected chi connectivity index (χ1v) is 6.81. The Bertz CT molecular complexity index is 514. The Balaban J connectivity index is 1.76. The second kappa shape index (κ2) is 5.12. The molecule has 0 radical (unpaired) electrons. The molecule has 3 rings (SSSR count). The molecular formula is C15H20N2O. The molecule has 1 aromatic carbocycles. The van der Waals surface area contributed by atoms with Gasteiger partial charge in [0.25, 0.3) is 0 Å². The van der Waals surface area contributed by atoms with Gasteiger partial charge in [-0.3, -0.25) is 0 Å². The second-order valence-corrected chi connectivity index (χ2v) is 5.17. The van der Waals surface area contributed by atoms with Crippen LogP contribution in [-0.2, 0) is 0 Å². The van der Waals surface area contributed by atoms with E-state index in [1.54, 1.807) is 0 Å². The highest BCUT2D eigenvalue weighted by atomic mass is 16.3. The predicted octanol–water partition coefficient (Wildman–Crippen LogP) is 2.69. The number of hydrogen-bond donors (Lipinski definition) is 2. The van der Waals surface area contributed by atoms with Crippen molar-refractivity contribution in [1.82, 2.24) is 9.88 Å². The van der Waals surface area contributed by atoms with Gasteiger partial charge in [0.1, 0.15) is 0 Å². The van der Waals surface area contributed by atoms with E-state index in [9.17, 15) is 5.11 Å². The smallest absolute Gasteiger partial charge is 0.0937 e. The lowest BCUT2D eigenvalue weighted by atomic mass is 10.1. The van der Waals surface area contributed by atoms with Gasteiger partial charge in [-0.1, -0.05) is 24.6 Å². The van der Waals surface area contributed by atoms with Gasteiger partial charge in [-0.05, 0) is 32.0 Å². The van der Waals surface area contributed by atoms with Gasteiger partial charge in [0.2, 0.25) is 0 Å². The van der Waals surface area contributed by atoms with Crippen LogP contribution in [0.2, 0.25) is 0 Å². The maximum atomic E-state index is 10.4. The van der Waals surface area contributed by atoms with Crippen molar-refractivity contribution in [2.75, 3.05) is 19.6 Å². The van der Waals surface area contributed by atoms with E-state index in [-0.39, 0.29) is 6.10 Å². The Morgan fingerprint density at radius 3 is 2.78 bits per heavy atom. The number of likely N-dealkylation sites (tertiary alicyclic amines) is 1. The average Bonchev–Trinajstić information content (AvgIpc) is 2.84. The van der Waals surface area contributed by atoms with Crippen molar-refractivity contribution in [3.63, 3.8) is 0 Å². The number of aromatic nitrogens is 1. The third-order valence-corrected chi connectivity index (χ3v) is 3.86. The molecule has 0 spiro atoms. The summed E-state index contributed by atoms with van der Waals surface area (Å²) in [6.45, 7) is 3.00. The van der Waals surface area contributed by atoms with Crippen molar-refractivity contribution in [1.29, 1.82) is 0 Å². The van der Waals surface area contributed by atoms with Crippen molar-refractivity contribution in [3.8, 4) is 0 Å². The van der Waals surface area contributed by atoms with Crippen LogP contribution in [0.3, 0.4) is 0 Å². The lowest BCUT2D eigenvalue weighted by molar-refractivity contribution is 0.102. The van der Waals surface area contributed by atoms with E-state index in [2.05, 4.69) is 16.0 Å². The number of benzene rings is 1. The number of piperidine rings is 1. The van der Waals surface area contributed by atoms with Crippen LogP contribution in [0.25, 0.3) is 10.9 Å². The summed E-state index contributed by atoms with van der Waals surface area (Å²) < 4.78 is 0. The molecule has 0 aliphatic carbocycles. The van der Waals surface area contributed by atoms with Crippen LogP contribution in [0.1, 0.15) is 30.9 Å². The Morgan fingerprint density at radius 2 is 1.94 bits per heavy atom. The molecular weight excluding hydrogens is 224 g/mol. The summed E-state index contributed by atoms with van der Waals surface area (Å²) >= 11 is 0. The van der Waals surface area contributed by atoms with Gasteiger partial charge in [-0.25, -0.2) is 0 Å². The van der Waals surface area contributed by atoms with E-state index in [4.69, 9.17) is 0 Å². The number of aliphatic hydroxyl groups is 1. The van der Waals surface area contributed by atoms with Gasteiger partial charge in [0, 0.05) is 29.2 Å². The number of para-hydroxylation sites is 1. The van der Waals surface area contributed by atoms with E-state index in [0.717, 1.165) is 36.1 Å². The standard InChI is InChI=1S/C15H20N2O/c18-15(11-17-8-4-1-5-9-17)13-10-16-14-7-3-2-6-12(13)14/h2-3,6-7,10,15-16,18H,1,4-5,8-9,11H2/t15-/m1/s1. The Morgan fingerprint density at radius 1 is 1.17 bits per heavy atom. The molecule has 96 valence electrons. The fourth-order valence-electron chi connectivity index (χ4n) is 2.85. The highest BCUT2D eigenvalue weighted by Crippen LogP contribution is 2.25. The molecule has 1 saturated heterocycles. The minimum Gasteiger partial charge on any atom is -0.387 e. The zero-order chi connectivity index (χ0) is 12.4. The molecule has 1 aliphatic rings. The van der Waals surface area contributed by atoms with Gasteiger partial charge >= 0.3 is 0 Å². The van der Waals surface area contributed by atoms with E-state index in [1.807, 2.05) is 24.4 Å². The van der Waals surface area contributed by atoms with Gasteiger partial charge < -0.3 is 15.0 Å². The first-order valence-electron chi connectivity index (χ1n) is 6.81. The number of H-pyrrole nitrogens is 1. The number of fused-ring (bicyclic) bond motifs is 1. The molecule has 3 heteroatoms. The molecule has 0 amide bonds. The molecule has 3 nitrogen and oxygen atoms in total. The Hall–Kier alpha value is -1.32. The van der Waals surface area contributed by atoms with Gasteiger partial charge in [0.15, 0.2) is 0 Å². The van der Waals surface area contributed by atoms with Crippen LogP contribution in [0, 0.1) is 0 Å². The van der Waals surface area contributed by atoms with Gasteiger partial charge in [0.05, 0.1) is 6.10 Å². The van der Waals surface area contributed by atoms with Crippen molar-refractivity contribution in [2.45, 2.75) is 25.4 Å². The summed E-state index contributed by atoms with van der Waals surface area (Å²) in [7, 11) is 0. The quantitative estimate of drug-likeness (QED) is 0.871. The highest BCUT2D eigenvalue weighted by Gasteiger charge is 2.18. The van der Waals surface area contributed by atoms with Crippen LogP contribution in [-0.4, -0.2) is 34.6 Å². The maximum Gasteiger partial charge on any atom is 0.0937 e. The molecule has 18 heavy (non-hydrogen) atoms. The number of aliphatic hydroxyl groups excluding tert-OH is 1. The van der Waals surface area contributed by atoms with Crippen LogP contribution in [0.5, 0.6) is 0 Å². The third-order valence-electron chi connectivity index (χ3n) is 3.86. The lowest BCUT2D eigenvalue weighted by Crippen LogP contribution is -2.33. The van der Waals surface area contributed by atoms with Crippen molar-refractivity contribution in [2.24, 2.45) is 0 Å². The SMILES string of the molecule is O[C@H](CN1CCCCC1)c1c[nH]c2ccccc12. The zero-order valence-electron chi connectivity index (χ0n) is 10.6. The van der Waals surface area contributed by atoms with Crippen molar-refractivity contribution < 1.29 is 5.11 Å². The Kier molecular flexibility index (Phi) is 3.35. The first-order chi connectivity index (χ1) is 8.84. The number of nitrogens with zero attached hydrogens (tertiary/aromatic N) is 1. The normalized spacial score (nSPS) is 19.2. The average molecular weight is 244 g/mol. The highest BCUT2D eigenvalue weighted by molar-refractivity contribution is 5.83. The van der Waals surface area contributed by atoms with E-state index < -0.39 is 0 Å². The molecule has 0 unspecified atom stereocenters. The van der Waals surface area contributed by atoms with Crippen molar-refractivity contribution >= 4 is 10.9 Å². The summed E-state index contributed by atoms with van der Waals surface area (Å²) in [5, 5.41) is 11.5. The predicted molar refractivity (Wildman–Crippen MR) is 73.5 cm³/mol. The topological polar surface area (TPSA) is 39.3 Å². The minimum atomic E-state index is -0.390. The van der Waals surface area contributed by atoms with Crippen molar-refractivity contribution in [3.05, 3.63) is 36.0 Å². The van der Waals surface area contributed by atoms with Gasteiger partial charge in [-0.15, -0.1) is 0 Å². The van der Waals surface area contributed by atoms with E-state index >= 15 is 0 Å². The van der Waals surface area contributed by atoms with E-state index in [1.165, 1.54) is 19.3 Å². The Labute approximate surface area is 107 Å². The number of nitrogens with one attached hydrogen (secondary N) is 1. The fourth-order valence-corrected chi connectivity index (χ4v) is 2.85. The molecule has 1 fully saturated rings. The van der Waals surface area contributed by atoms with E-state index in [0.29, 0.717) is 0 Å². The summed E-state index contributed by atoms with van der Waals surface area (Å²) in [4.78, 5) is 5.60. The number of aromatic amines is 1. The summed E-state index contributed by atoms with van der Waals surface area (Å²) in [5.41, 5.74) is 2.13. The minimum absolute atomic E-state index is 0.390. The molecule has 0 bridgehead atoms. The van der Waals surface area contributed by atoms with Gasteiger partial charge in [-0.2, -0.15) is 0 Å². The molecule has 1 aromatic heterocycles. The molecule has 1 atom stereocenters. The molecule has 1 aliphatic heterocycles. The monoisotopic (exact) mass is 244 g/mol. The van der Waals surface area contributed by atoms with Crippen LogP contribution in [0.15, 0.2) is 30.5 Å². The fraction of sp³-hybridized carbons (Fsp3) is 0.467. The molecule has 0 saturated carbocycles. The van der Waals surface area contributed by atoms with Crippen LogP contribution in [0.4, 0.5) is 0 Å². The number of hydrogen-bond acceptors (Lipinski definition) is 2. The molecule has 2 aromatic rings. The second-order valence-electron chi connectivity index (χ2n) is 5.17. The zero-order valence-corrected chi connectivity index (χ0v) is 10.6. The summed E-state index contributed by atoms with van der Waals surface area (Å²) in [5.74, 6) is 0. The van der Waals surface area contributed by atoms with Crippen LogP contribution >= 0.6 is 0 Å². The third kappa shape index (κ3) is 2.28. The lowest BCUT2D eigenvalue weighted by Gasteiger charge is -2.28. The maximum absolute atomic E-state index is 10.4. The number of rotatable bonds is 3.